The number of piperazine rings is 1. The largest absolute Gasteiger partial charge is 0.497 e. The number of nitrogens with one attached hydrogen (secondary N) is 2. The number of hydrogen-bond acceptors (Lipinski definition) is 4. The van der Waals surface area contributed by atoms with Crippen LogP contribution < -0.4 is 19.9 Å². The quantitative estimate of drug-likeness (QED) is 0.693. The number of methoxy groups -OCH3 is 1. The number of quaternary nitrogens is 1. The molecule has 0 aliphatic carbocycles. The Morgan fingerprint density at radius 1 is 1.16 bits per heavy atom. The molecule has 0 unspecified atom stereocenters. The number of thiocarbonyl (C=S) groups is 1. The molecule has 2 heterocycles. The highest BCUT2D eigenvalue weighted by Crippen LogP contribution is 2.20. The van der Waals surface area contributed by atoms with Crippen LogP contribution >= 0.6 is 12.2 Å². The predicted molar refractivity (Wildman–Crippen MR) is 104 cm³/mol. The Hall–Kier alpha value is -1.57. The first-order valence-corrected chi connectivity index (χ1v) is 9.50. The molecule has 2 saturated heterocycles. The van der Waals surface area contributed by atoms with Crippen molar-refractivity contribution < 1.29 is 14.4 Å². The summed E-state index contributed by atoms with van der Waals surface area (Å²) in [6.45, 7) is 9.92. The summed E-state index contributed by atoms with van der Waals surface area (Å²) in [5, 5.41) is 4.32. The second-order valence-corrected chi connectivity index (χ2v) is 6.90. The van der Waals surface area contributed by atoms with E-state index in [0.717, 1.165) is 76.4 Å². The van der Waals surface area contributed by atoms with Gasteiger partial charge in [0.1, 0.15) is 18.8 Å². The molecule has 7 heteroatoms. The number of morpholine rings is 1. The van der Waals surface area contributed by atoms with Crippen LogP contribution in [0.15, 0.2) is 24.3 Å². The first kappa shape index (κ1) is 18.2. The predicted octanol–water partition coefficient (Wildman–Crippen LogP) is -0.393. The Kier molecular flexibility index (Phi) is 6.72. The maximum atomic E-state index is 5.57. The Balaban J connectivity index is 1.38. The Labute approximate surface area is 155 Å². The average Bonchev–Trinajstić information content (AvgIpc) is 2.69. The van der Waals surface area contributed by atoms with Gasteiger partial charge in [-0.25, -0.2) is 0 Å². The molecule has 2 fully saturated rings. The molecule has 6 nitrogen and oxygen atoms in total. The van der Waals surface area contributed by atoms with E-state index in [4.69, 9.17) is 21.7 Å². The third kappa shape index (κ3) is 5.20. The van der Waals surface area contributed by atoms with Gasteiger partial charge in [-0.05, 0) is 36.5 Å². The Bertz CT molecular complexity index is 541. The zero-order chi connectivity index (χ0) is 17.5. The molecule has 0 bridgehead atoms. The van der Waals surface area contributed by atoms with E-state index in [1.165, 1.54) is 5.69 Å². The molecular weight excluding hydrogens is 336 g/mol. The summed E-state index contributed by atoms with van der Waals surface area (Å²) in [4.78, 5) is 6.28. The SMILES string of the molecule is COc1ccc(N2CCN(C(=S)NCC[NH+]3CCOCC3)CC2)cc1. The molecule has 0 amide bonds. The van der Waals surface area contributed by atoms with E-state index < -0.39 is 0 Å². The lowest BCUT2D eigenvalue weighted by molar-refractivity contribution is -0.906. The lowest BCUT2D eigenvalue weighted by Crippen LogP contribution is -3.14. The van der Waals surface area contributed by atoms with Gasteiger partial charge < -0.3 is 29.5 Å². The minimum Gasteiger partial charge on any atom is -0.497 e. The number of rotatable bonds is 5. The molecule has 25 heavy (non-hydrogen) atoms. The van der Waals surface area contributed by atoms with Gasteiger partial charge in [0.15, 0.2) is 5.11 Å². The van der Waals surface area contributed by atoms with Crippen LogP contribution in [-0.4, -0.2) is 82.7 Å². The molecule has 138 valence electrons. The van der Waals surface area contributed by atoms with Gasteiger partial charge in [-0.2, -0.15) is 0 Å². The van der Waals surface area contributed by atoms with Crippen LogP contribution in [0.25, 0.3) is 0 Å². The van der Waals surface area contributed by atoms with E-state index in [9.17, 15) is 0 Å². The van der Waals surface area contributed by atoms with Crippen molar-refractivity contribution in [2.45, 2.75) is 0 Å². The molecule has 2 aliphatic heterocycles. The summed E-state index contributed by atoms with van der Waals surface area (Å²) in [6.07, 6.45) is 0. The highest BCUT2D eigenvalue weighted by atomic mass is 32.1. The topological polar surface area (TPSA) is 41.4 Å². The second kappa shape index (κ2) is 9.22. The third-order valence-corrected chi connectivity index (χ3v) is 5.36. The van der Waals surface area contributed by atoms with E-state index in [0.29, 0.717) is 0 Å². The van der Waals surface area contributed by atoms with Crippen molar-refractivity contribution in [3.63, 3.8) is 0 Å². The lowest BCUT2D eigenvalue weighted by atomic mass is 10.2. The molecule has 1 aromatic carbocycles. The maximum Gasteiger partial charge on any atom is 0.169 e. The first-order valence-electron chi connectivity index (χ1n) is 9.09. The molecule has 0 aromatic heterocycles. The summed E-state index contributed by atoms with van der Waals surface area (Å²) in [7, 11) is 1.70. The monoisotopic (exact) mass is 365 g/mol. The summed E-state index contributed by atoms with van der Waals surface area (Å²) in [6, 6.07) is 8.27. The van der Waals surface area contributed by atoms with Crippen LogP contribution in [-0.2, 0) is 4.74 Å². The Morgan fingerprint density at radius 2 is 1.84 bits per heavy atom. The van der Waals surface area contributed by atoms with Gasteiger partial charge in [0.05, 0.1) is 33.4 Å². The van der Waals surface area contributed by atoms with Gasteiger partial charge in [-0.15, -0.1) is 0 Å². The summed E-state index contributed by atoms with van der Waals surface area (Å²) < 4.78 is 10.6. The number of benzene rings is 1. The van der Waals surface area contributed by atoms with Crippen LogP contribution in [0.5, 0.6) is 5.75 Å². The van der Waals surface area contributed by atoms with Gasteiger partial charge in [0, 0.05) is 31.9 Å². The normalized spacial score (nSPS) is 18.9. The molecule has 1 aromatic rings. The van der Waals surface area contributed by atoms with Gasteiger partial charge in [0.2, 0.25) is 0 Å². The maximum absolute atomic E-state index is 5.57. The van der Waals surface area contributed by atoms with Crippen molar-refractivity contribution in [3.05, 3.63) is 24.3 Å². The minimum atomic E-state index is 0.882. The van der Waals surface area contributed by atoms with Gasteiger partial charge in [-0.3, -0.25) is 0 Å². The van der Waals surface area contributed by atoms with E-state index in [1.807, 2.05) is 12.1 Å². The average molecular weight is 366 g/mol. The summed E-state index contributed by atoms with van der Waals surface area (Å²) >= 11 is 5.57. The summed E-state index contributed by atoms with van der Waals surface area (Å²) in [5.74, 6) is 0.898. The number of ether oxygens (including phenoxy) is 2. The number of anilines is 1. The van der Waals surface area contributed by atoms with E-state index in [2.05, 4.69) is 27.2 Å². The molecule has 0 saturated carbocycles. The molecule has 2 aliphatic rings. The summed E-state index contributed by atoms with van der Waals surface area (Å²) in [5.41, 5.74) is 1.25. The van der Waals surface area contributed by atoms with Crippen LogP contribution in [0.2, 0.25) is 0 Å². The van der Waals surface area contributed by atoms with Crippen molar-refractivity contribution in [1.29, 1.82) is 0 Å². The van der Waals surface area contributed by atoms with Crippen LogP contribution in [0.1, 0.15) is 0 Å². The van der Waals surface area contributed by atoms with Crippen LogP contribution in [0, 0.1) is 0 Å². The third-order valence-electron chi connectivity index (χ3n) is 4.96. The van der Waals surface area contributed by atoms with E-state index in [-0.39, 0.29) is 0 Å². The van der Waals surface area contributed by atoms with Crippen LogP contribution in [0.4, 0.5) is 5.69 Å². The zero-order valence-corrected chi connectivity index (χ0v) is 15.8. The van der Waals surface area contributed by atoms with Crippen molar-refractivity contribution in [2.24, 2.45) is 0 Å². The fourth-order valence-corrected chi connectivity index (χ4v) is 3.61. The minimum absolute atomic E-state index is 0.882. The number of nitrogens with zero attached hydrogens (tertiary/aromatic N) is 2. The molecule has 0 spiro atoms. The Morgan fingerprint density at radius 3 is 2.48 bits per heavy atom. The second-order valence-electron chi connectivity index (χ2n) is 6.52. The molecule has 2 N–H and O–H groups in total. The molecule has 3 rings (SSSR count). The van der Waals surface area contributed by atoms with Gasteiger partial charge in [0.25, 0.3) is 0 Å². The van der Waals surface area contributed by atoms with Crippen molar-refractivity contribution >= 4 is 23.0 Å². The molecular formula is C18H29N4O2S+. The van der Waals surface area contributed by atoms with E-state index in [1.54, 1.807) is 12.0 Å². The van der Waals surface area contributed by atoms with Crippen molar-refractivity contribution in [1.82, 2.24) is 10.2 Å². The number of hydrogen-bond donors (Lipinski definition) is 2. The highest BCUT2D eigenvalue weighted by Gasteiger charge is 2.19. The van der Waals surface area contributed by atoms with Crippen LogP contribution in [0.3, 0.4) is 0 Å². The standard InChI is InChI=1S/C18H28N4O2S/c1-23-17-4-2-16(3-5-17)21-8-10-22(11-9-21)18(25)19-6-7-20-12-14-24-15-13-20/h2-5H,6-15H2,1H3,(H,19,25)/p+1. The fraction of sp³-hybridized carbons (Fsp3) is 0.611. The smallest absolute Gasteiger partial charge is 0.169 e. The van der Waals surface area contributed by atoms with E-state index >= 15 is 0 Å². The van der Waals surface area contributed by atoms with Crippen molar-refractivity contribution in [2.75, 3.05) is 77.6 Å². The highest BCUT2D eigenvalue weighted by molar-refractivity contribution is 7.80. The molecule has 0 radical (unpaired) electrons. The van der Waals surface area contributed by atoms with Crippen molar-refractivity contribution in [3.8, 4) is 5.75 Å². The van der Waals surface area contributed by atoms with Gasteiger partial charge in [-0.1, -0.05) is 0 Å². The fourth-order valence-electron chi connectivity index (χ4n) is 3.33. The first-order chi connectivity index (χ1) is 12.3. The lowest BCUT2D eigenvalue weighted by Gasteiger charge is -2.37. The zero-order valence-electron chi connectivity index (χ0n) is 15.0. The van der Waals surface area contributed by atoms with Gasteiger partial charge >= 0.3 is 0 Å². The molecule has 0 atom stereocenters.